The van der Waals surface area contributed by atoms with Crippen LogP contribution >= 0.6 is 0 Å². The van der Waals surface area contributed by atoms with E-state index in [9.17, 15) is 13.6 Å². The number of carbonyl (C=O) groups excluding carboxylic acids is 1. The molecule has 0 aliphatic rings. The van der Waals surface area contributed by atoms with E-state index >= 15 is 0 Å². The zero-order valence-corrected chi connectivity index (χ0v) is 6.87. The van der Waals surface area contributed by atoms with E-state index in [1.54, 1.807) is 0 Å². The molecule has 0 radical (unpaired) electrons. The lowest BCUT2D eigenvalue weighted by molar-refractivity contribution is 0.111. The van der Waals surface area contributed by atoms with E-state index in [0.717, 1.165) is 6.07 Å². The predicted molar refractivity (Wildman–Crippen MR) is 43.7 cm³/mol. The predicted octanol–water partition coefficient (Wildman–Crippen LogP) is 1.29. The van der Waals surface area contributed by atoms with Crippen LogP contribution in [0, 0.1) is 11.3 Å². The molecule has 0 saturated heterocycles. The number of hydrogen-bond acceptors (Lipinski definition) is 4. The Hall–Kier alpha value is -2.03. The third-order valence-corrected chi connectivity index (χ3v) is 1.54. The number of nitrogens with two attached hydrogens (primary N) is 1. The van der Waals surface area contributed by atoms with Crippen LogP contribution < -0.4 is 5.73 Å². The summed E-state index contributed by atoms with van der Waals surface area (Å²) in [5.41, 5.74) is 3.77. The Kier molecular flexibility index (Phi) is 2.72. The first-order valence-corrected chi connectivity index (χ1v) is 3.54. The maximum absolute atomic E-state index is 12.3. The summed E-state index contributed by atoms with van der Waals surface area (Å²) in [6, 6.07) is 2.59. The third-order valence-electron chi connectivity index (χ3n) is 1.54. The van der Waals surface area contributed by atoms with Crippen LogP contribution in [-0.2, 0) is 0 Å². The highest BCUT2D eigenvalue weighted by molar-refractivity contribution is 5.75. The minimum atomic E-state index is -2.92. The van der Waals surface area contributed by atoms with Crippen molar-refractivity contribution in [3.63, 3.8) is 0 Å². The van der Waals surface area contributed by atoms with Gasteiger partial charge in [0.25, 0.3) is 6.43 Å². The Labute approximate surface area is 78.0 Å². The van der Waals surface area contributed by atoms with Gasteiger partial charge in [-0.2, -0.15) is 5.26 Å². The lowest BCUT2D eigenvalue weighted by atomic mass is 10.1. The van der Waals surface area contributed by atoms with Crippen molar-refractivity contribution in [2.24, 2.45) is 0 Å². The van der Waals surface area contributed by atoms with E-state index in [0.29, 0.717) is 6.29 Å². The number of aromatic nitrogens is 1. The molecule has 0 atom stereocenters. The van der Waals surface area contributed by atoms with Crippen LogP contribution in [0.5, 0.6) is 0 Å². The average molecular weight is 197 g/mol. The molecular formula is C8H5F2N3O. The van der Waals surface area contributed by atoms with Gasteiger partial charge >= 0.3 is 0 Å². The van der Waals surface area contributed by atoms with Gasteiger partial charge in [-0.1, -0.05) is 0 Å². The summed E-state index contributed by atoms with van der Waals surface area (Å²) in [5, 5.41) is 8.52. The van der Waals surface area contributed by atoms with Crippen molar-refractivity contribution >= 4 is 12.0 Å². The highest BCUT2D eigenvalue weighted by Crippen LogP contribution is 2.24. The number of pyridine rings is 1. The first-order valence-electron chi connectivity index (χ1n) is 3.54. The van der Waals surface area contributed by atoms with E-state index < -0.39 is 12.1 Å². The number of carbonyl (C=O) groups is 1. The van der Waals surface area contributed by atoms with Crippen molar-refractivity contribution < 1.29 is 13.6 Å². The van der Waals surface area contributed by atoms with Crippen LogP contribution in [0.2, 0.25) is 0 Å². The molecule has 0 saturated carbocycles. The monoisotopic (exact) mass is 197 g/mol. The van der Waals surface area contributed by atoms with E-state index in [1.807, 2.05) is 0 Å². The number of rotatable bonds is 2. The Morgan fingerprint density at radius 3 is 2.71 bits per heavy atom. The standard InChI is InChI=1S/C8H5F2N3O/c9-8(10)7-5(2-11)6(12)1-4(3-14)13-7/h1,3,8H,(H2,12,13). The molecule has 2 N–H and O–H groups in total. The highest BCUT2D eigenvalue weighted by atomic mass is 19.3. The normalized spacial score (nSPS) is 9.86. The third kappa shape index (κ3) is 1.66. The molecular weight excluding hydrogens is 192 g/mol. The summed E-state index contributed by atoms with van der Waals surface area (Å²) in [4.78, 5) is 13.6. The smallest absolute Gasteiger partial charge is 0.281 e. The molecule has 0 aliphatic heterocycles. The number of nitrogens with zero attached hydrogens (tertiary/aromatic N) is 2. The molecule has 14 heavy (non-hydrogen) atoms. The number of halogens is 2. The van der Waals surface area contributed by atoms with Gasteiger partial charge in [0.15, 0.2) is 6.29 Å². The van der Waals surface area contributed by atoms with Crippen molar-refractivity contribution in [3.05, 3.63) is 23.0 Å². The molecule has 0 fully saturated rings. The molecule has 1 rings (SSSR count). The number of alkyl halides is 2. The summed E-state index contributed by atoms with van der Waals surface area (Å²) < 4.78 is 24.7. The van der Waals surface area contributed by atoms with Gasteiger partial charge in [-0.15, -0.1) is 0 Å². The van der Waals surface area contributed by atoms with Gasteiger partial charge in [0.1, 0.15) is 23.0 Å². The average Bonchev–Trinajstić information content (AvgIpc) is 2.16. The molecule has 1 heterocycles. The zero-order chi connectivity index (χ0) is 10.7. The second-order valence-corrected chi connectivity index (χ2v) is 2.43. The van der Waals surface area contributed by atoms with E-state index in [2.05, 4.69) is 4.98 Å². The van der Waals surface area contributed by atoms with Crippen molar-refractivity contribution in [1.29, 1.82) is 5.26 Å². The van der Waals surface area contributed by atoms with Gasteiger partial charge in [-0.05, 0) is 6.07 Å². The van der Waals surface area contributed by atoms with Crippen LogP contribution in [0.15, 0.2) is 6.07 Å². The molecule has 0 aliphatic carbocycles. The molecule has 0 bridgehead atoms. The molecule has 0 aromatic carbocycles. The molecule has 0 amide bonds. The van der Waals surface area contributed by atoms with Crippen LogP contribution in [-0.4, -0.2) is 11.3 Å². The van der Waals surface area contributed by atoms with E-state index in [1.165, 1.54) is 6.07 Å². The van der Waals surface area contributed by atoms with Crippen molar-refractivity contribution in [2.75, 3.05) is 5.73 Å². The second-order valence-electron chi connectivity index (χ2n) is 2.43. The van der Waals surface area contributed by atoms with E-state index in [4.69, 9.17) is 11.0 Å². The molecule has 72 valence electrons. The van der Waals surface area contributed by atoms with Crippen LogP contribution in [0.1, 0.15) is 28.2 Å². The fraction of sp³-hybridized carbons (Fsp3) is 0.125. The first-order chi connectivity index (χ1) is 6.60. The number of aldehydes is 1. The summed E-state index contributed by atoms with van der Waals surface area (Å²) in [6.45, 7) is 0. The van der Waals surface area contributed by atoms with Crippen molar-refractivity contribution in [2.45, 2.75) is 6.43 Å². The molecule has 1 aromatic heterocycles. The number of nitrogen functional groups attached to an aromatic ring is 1. The number of hydrogen-bond donors (Lipinski definition) is 1. The van der Waals surface area contributed by atoms with E-state index in [-0.39, 0.29) is 16.9 Å². The highest BCUT2D eigenvalue weighted by Gasteiger charge is 2.18. The van der Waals surface area contributed by atoms with Gasteiger partial charge in [0.05, 0.1) is 5.69 Å². The maximum atomic E-state index is 12.3. The van der Waals surface area contributed by atoms with Gasteiger partial charge in [-0.25, -0.2) is 13.8 Å². The first kappa shape index (κ1) is 10.1. The number of nitriles is 1. The Bertz CT molecular complexity index is 412. The van der Waals surface area contributed by atoms with Crippen LogP contribution in [0.25, 0.3) is 0 Å². The number of anilines is 1. The van der Waals surface area contributed by atoms with Crippen LogP contribution in [0.4, 0.5) is 14.5 Å². The lowest BCUT2D eigenvalue weighted by Crippen LogP contribution is -2.03. The fourth-order valence-electron chi connectivity index (χ4n) is 0.947. The molecule has 4 nitrogen and oxygen atoms in total. The quantitative estimate of drug-likeness (QED) is 0.724. The molecule has 1 aromatic rings. The molecule has 0 spiro atoms. The molecule has 0 unspecified atom stereocenters. The summed E-state index contributed by atoms with van der Waals surface area (Å²) in [6.07, 6.45) is -2.63. The Morgan fingerprint density at radius 2 is 2.29 bits per heavy atom. The second kappa shape index (κ2) is 3.79. The molecule has 6 heteroatoms. The largest absolute Gasteiger partial charge is 0.398 e. The topological polar surface area (TPSA) is 79.8 Å². The Morgan fingerprint density at radius 1 is 1.64 bits per heavy atom. The van der Waals surface area contributed by atoms with Crippen molar-refractivity contribution in [3.8, 4) is 6.07 Å². The summed E-state index contributed by atoms with van der Waals surface area (Å²) >= 11 is 0. The van der Waals surface area contributed by atoms with Gasteiger partial charge in [0.2, 0.25) is 0 Å². The zero-order valence-electron chi connectivity index (χ0n) is 6.87. The maximum Gasteiger partial charge on any atom is 0.281 e. The SMILES string of the molecule is N#Cc1c(N)cc(C=O)nc1C(F)F. The van der Waals surface area contributed by atoms with Gasteiger partial charge in [-0.3, -0.25) is 4.79 Å². The van der Waals surface area contributed by atoms with Crippen LogP contribution in [0.3, 0.4) is 0 Å². The summed E-state index contributed by atoms with van der Waals surface area (Å²) in [7, 11) is 0. The summed E-state index contributed by atoms with van der Waals surface area (Å²) in [5.74, 6) is 0. The lowest BCUT2D eigenvalue weighted by Gasteiger charge is -2.04. The minimum absolute atomic E-state index is 0.167. The minimum Gasteiger partial charge on any atom is -0.398 e. The van der Waals surface area contributed by atoms with Gasteiger partial charge < -0.3 is 5.73 Å². The fourth-order valence-corrected chi connectivity index (χ4v) is 0.947. The van der Waals surface area contributed by atoms with Crippen molar-refractivity contribution in [1.82, 2.24) is 4.98 Å². The Balaban J connectivity index is 3.45. The van der Waals surface area contributed by atoms with Gasteiger partial charge in [0, 0.05) is 0 Å².